The fraction of sp³-hybridized carbons (Fsp3) is 0.440. The lowest BCUT2D eigenvalue weighted by Crippen LogP contribution is -2.28. The third kappa shape index (κ3) is 7.18. The highest BCUT2D eigenvalue weighted by atomic mass is 35.5. The van der Waals surface area contributed by atoms with Gasteiger partial charge in [0.05, 0.1) is 30.8 Å². The summed E-state index contributed by atoms with van der Waals surface area (Å²) < 4.78 is 15.4. The molecule has 9 heteroatoms. The molecule has 1 aromatic carbocycles. The Morgan fingerprint density at radius 1 is 1.12 bits per heavy atom. The second-order valence-electron chi connectivity index (χ2n) is 9.02. The largest absolute Gasteiger partial charge is 0.495 e. The van der Waals surface area contributed by atoms with Crippen molar-refractivity contribution < 1.29 is 28.6 Å². The van der Waals surface area contributed by atoms with Crippen LogP contribution in [0.1, 0.15) is 62.3 Å². The van der Waals surface area contributed by atoms with Gasteiger partial charge < -0.3 is 14.2 Å². The number of ether oxygens (including phenoxy) is 3. The van der Waals surface area contributed by atoms with Crippen molar-refractivity contribution in [3.8, 4) is 5.75 Å². The first-order valence-corrected chi connectivity index (χ1v) is 11.2. The van der Waals surface area contributed by atoms with Gasteiger partial charge in [0.25, 0.3) is 0 Å². The van der Waals surface area contributed by atoms with Crippen LogP contribution in [0.5, 0.6) is 5.75 Å². The molecular weight excluding hydrogens is 460 g/mol. The van der Waals surface area contributed by atoms with Gasteiger partial charge in [-0.05, 0) is 44.5 Å². The molecule has 1 aromatic heterocycles. The normalized spacial score (nSPS) is 12.1. The number of esters is 1. The van der Waals surface area contributed by atoms with Crippen LogP contribution >= 0.6 is 11.6 Å². The van der Waals surface area contributed by atoms with Crippen molar-refractivity contribution in [1.29, 1.82) is 0 Å². The number of aromatic nitrogens is 1. The molecular formula is C25H31ClN2O6. The van der Waals surface area contributed by atoms with E-state index in [2.05, 4.69) is 10.3 Å². The average molecular weight is 491 g/mol. The van der Waals surface area contributed by atoms with Gasteiger partial charge in [-0.25, -0.2) is 14.6 Å². The summed E-state index contributed by atoms with van der Waals surface area (Å²) in [5.74, 6) is -1.36. The summed E-state index contributed by atoms with van der Waals surface area (Å²) in [6.45, 7) is 8.84. The van der Waals surface area contributed by atoms with Gasteiger partial charge in [-0.2, -0.15) is 0 Å². The molecule has 1 heterocycles. The number of methoxy groups -OCH3 is 2. The first-order chi connectivity index (χ1) is 15.9. The summed E-state index contributed by atoms with van der Waals surface area (Å²) in [5.41, 5.74) is 0.749. The van der Waals surface area contributed by atoms with E-state index in [0.717, 1.165) is 0 Å². The lowest BCUT2D eigenvalue weighted by molar-refractivity contribution is -0.123. The lowest BCUT2D eigenvalue weighted by Gasteiger charge is -2.24. The maximum Gasteiger partial charge on any atom is 0.412 e. The molecule has 1 atom stereocenters. The Hall–Kier alpha value is -3.13. The maximum atomic E-state index is 13.3. The van der Waals surface area contributed by atoms with E-state index < -0.39 is 23.6 Å². The van der Waals surface area contributed by atoms with E-state index in [1.165, 1.54) is 20.3 Å². The minimum absolute atomic E-state index is 0.0845. The molecule has 0 aliphatic rings. The number of nitrogens with one attached hydrogen (secondary N) is 1. The molecule has 1 amide bonds. The molecule has 8 nitrogen and oxygen atoms in total. The number of Topliss-reactive ketones (excluding diaryl/α,β-unsaturated/α-hetero) is 1. The van der Waals surface area contributed by atoms with Gasteiger partial charge in [0.15, 0.2) is 0 Å². The van der Waals surface area contributed by atoms with Gasteiger partial charge in [-0.3, -0.25) is 10.1 Å². The van der Waals surface area contributed by atoms with Gasteiger partial charge in [-0.15, -0.1) is 0 Å². The second kappa shape index (κ2) is 11.3. The fourth-order valence-electron chi connectivity index (χ4n) is 3.32. The molecule has 2 aromatic rings. The smallest absolute Gasteiger partial charge is 0.412 e. The van der Waals surface area contributed by atoms with Crippen molar-refractivity contribution >= 4 is 35.1 Å². The third-order valence-corrected chi connectivity index (χ3v) is 5.16. The van der Waals surface area contributed by atoms with Crippen molar-refractivity contribution in [3.63, 3.8) is 0 Å². The minimum Gasteiger partial charge on any atom is -0.495 e. The Labute approximate surface area is 204 Å². The fourth-order valence-corrected chi connectivity index (χ4v) is 3.57. The van der Waals surface area contributed by atoms with Crippen molar-refractivity contribution in [2.75, 3.05) is 19.5 Å². The summed E-state index contributed by atoms with van der Waals surface area (Å²) in [6.07, 6.45) is -0.507. The number of ketones is 1. The van der Waals surface area contributed by atoms with Crippen LogP contribution in [-0.4, -0.2) is 42.7 Å². The highest BCUT2D eigenvalue weighted by Gasteiger charge is 2.29. The monoisotopic (exact) mass is 490 g/mol. The summed E-state index contributed by atoms with van der Waals surface area (Å²) >= 11 is 6.40. The predicted molar refractivity (Wildman–Crippen MR) is 130 cm³/mol. The molecule has 0 saturated carbocycles. The zero-order chi connectivity index (χ0) is 25.6. The number of hydrogen-bond donors (Lipinski definition) is 1. The summed E-state index contributed by atoms with van der Waals surface area (Å²) in [7, 11) is 2.73. The number of rotatable bonds is 8. The van der Waals surface area contributed by atoms with Crippen molar-refractivity contribution in [2.24, 2.45) is 5.92 Å². The van der Waals surface area contributed by atoms with Crippen LogP contribution in [0, 0.1) is 5.92 Å². The summed E-state index contributed by atoms with van der Waals surface area (Å²) in [6, 6.07) is 8.09. The number of pyridine rings is 1. The lowest BCUT2D eigenvalue weighted by atomic mass is 9.84. The van der Waals surface area contributed by atoms with Crippen LogP contribution in [0.25, 0.3) is 0 Å². The average Bonchev–Trinajstić information content (AvgIpc) is 2.76. The molecule has 0 spiro atoms. The second-order valence-corrected chi connectivity index (χ2v) is 9.43. The van der Waals surface area contributed by atoms with Crippen LogP contribution < -0.4 is 10.1 Å². The van der Waals surface area contributed by atoms with E-state index in [9.17, 15) is 14.4 Å². The van der Waals surface area contributed by atoms with Crippen LogP contribution in [0.15, 0.2) is 30.3 Å². The van der Waals surface area contributed by atoms with Gasteiger partial charge in [-0.1, -0.05) is 31.5 Å². The van der Waals surface area contributed by atoms with Gasteiger partial charge in [0, 0.05) is 24.1 Å². The number of carbonyl (C=O) groups is 3. The van der Waals surface area contributed by atoms with E-state index >= 15 is 0 Å². The number of nitrogens with zero attached hydrogens (tertiary/aromatic N) is 1. The Balaban J connectivity index is 2.57. The third-order valence-electron chi connectivity index (χ3n) is 4.86. The molecule has 1 unspecified atom stereocenters. The molecule has 0 radical (unpaired) electrons. The summed E-state index contributed by atoms with van der Waals surface area (Å²) in [5, 5.41) is 3.00. The van der Waals surface area contributed by atoms with Crippen LogP contribution in [0.4, 0.5) is 10.5 Å². The topological polar surface area (TPSA) is 104 Å². The number of carbonyl (C=O) groups excluding carboxylic acids is 3. The minimum atomic E-state index is -0.716. The Morgan fingerprint density at radius 2 is 1.79 bits per heavy atom. The number of anilines is 1. The molecule has 0 fully saturated rings. The zero-order valence-corrected chi connectivity index (χ0v) is 21.3. The molecule has 1 N–H and O–H groups in total. The van der Waals surface area contributed by atoms with Gasteiger partial charge >= 0.3 is 12.1 Å². The van der Waals surface area contributed by atoms with Crippen molar-refractivity contribution in [2.45, 2.75) is 52.6 Å². The van der Waals surface area contributed by atoms with Crippen LogP contribution in [0.2, 0.25) is 5.02 Å². The molecule has 2 rings (SSSR count). The molecule has 34 heavy (non-hydrogen) atoms. The first-order valence-electron chi connectivity index (χ1n) is 10.8. The van der Waals surface area contributed by atoms with Gasteiger partial charge in [0.1, 0.15) is 22.8 Å². The number of amides is 1. The van der Waals surface area contributed by atoms with E-state index in [-0.39, 0.29) is 28.8 Å². The van der Waals surface area contributed by atoms with Crippen molar-refractivity contribution in [1.82, 2.24) is 4.98 Å². The summed E-state index contributed by atoms with van der Waals surface area (Å²) in [4.78, 5) is 42.1. The van der Waals surface area contributed by atoms with E-state index in [1.807, 2.05) is 0 Å². The molecule has 0 saturated heterocycles. The molecule has 184 valence electrons. The van der Waals surface area contributed by atoms with E-state index in [4.69, 9.17) is 25.8 Å². The molecule has 0 aliphatic heterocycles. The standard InChI is InChI=1S/C25H31ClN2O6/c1-14(2)22(29)17(11-15-9-8-10-19(27-15)23(30)33-7)16-12-18(26)21(32-6)13-20(16)28-24(31)34-25(3,4)5/h8-10,12-14,17H,11H2,1-7H3,(H,28,31). The number of hydrogen-bond acceptors (Lipinski definition) is 7. The van der Waals surface area contributed by atoms with E-state index in [1.54, 1.807) is 58.9 Å². The number of halogens is 1. The SMILES string of the molecule is COC(=O)c1cccc(CC(C(=O)C(C)C)c2cc(Cl)c(OC)cc2NC(=O)OC(C)(C)C)n1. The zero-order valence-electron chi connectivity index (χ0n) is 20.5. The highest BCUT2D eigenvalue weighted by molar-refractivity contribution is 6.32. The van der Waals surface area contributed by atoms with Crippen molar-refractivity contribution in [3.05, 3.63) is 52.3 Å². The van der Waals surface area contributed by atoms with E-state index in [0.29, 0.717) is 22.7 Å². The Bertz CT molecular complexity index is 1060. The maximum absolute atomic E-state index is 13.3. The van der Waals surface area contributed by atoms with Gasteiger partial charge in [0.2, 0.25) is 0 Å². The predicted octanol–water partition coefficient (Wildman–Crippen LogP) is 5.43. The van der Waals surface area contributed by atoms with Crippen LogP contribution in [0.3, 0.4) is 0 Å². The van der Waals surface area contributed by atoms with Crippen LogP contribution in [-0.2, 0) is 20.7 Å². The molecule has 0 bridgehead atoms. The first kappa shape index (κ1) is 27.1. The Kier molecular flexibility index (Phi) is 9.04. The highest BCUT2D eigenvalue weighted by Crippen LogP contribution is 2.38. The quantitative estimate of drug-likeness (QED) is 0.492. The Morgan fingerprint density at radius 3 is 2.35 bits per heavy atom. The number of benzene rings is 1. The molecule has 0 aliphatic carbocycles.